The van der Waals surface area contributed by atoms with Crippen LogP contribution in [0.15, 0.2) is 36.4 Å². The summed E-state index contributed by atoms with van der Waals surface area (Å²) in [5.41, 5.74) is 1.09. The van der Waals surface area contributed by atoms with E-state index in [1.54, 1.807) is 32.4 Å². The van der Waals surface area contributed by atoms with Crippen LogP contribution in [-0.2, 0) is 6.54 Å². The molecular formula is C16H17N5O2. The van der Waals surface area contributed by atoms with Crippen LogP contribution in [0.25, 0.3) is 0 Å². The molecule has 0 bridgehead atoms. The van der Waals surface area contributed by atoms with Crippen LogP contribution in [0, 0.1) is 16.7 Å². The summed E-state index contributed by atoms with van der Waals surface area (Å²) in [6, 6.07) is 12.4. The molecule has 0 unspecified atom stereocenters. The largest absolute Gasteiger partial charge is 0.496 e. The maximum atomic E-state index is 8.83. The number of pyridine rings is 1. The minimum atomic E-state index is 0.0561. The third-order valence-electron chi connectivity index (χ3n) is 3.09. The molecule has 0 radical (unpaired) electrons. The molecule has 0 aliphatic rings. The fraction of sp³-hybridized carbons (Fsp3) is 0.188. The number of benzene rings is 1. The Morgan fingerprint density at radius 3 is 2.43 bits per heavy atom. The molecule has 0 saturated heterocycles. The van der Waals surface area contributed by atoms with E-state index in [9.17, 15) is 0 Å². The number of guanidine groups is 1. The van der Waals surface area contributed by atoms with Crippen molar-refractivity contribution in [1.29, 1.82) is 10.7 Å². The van der Waals surface area contributed by atoms with E-state index in [2.05, 4.69) is 15.6 Å². The topological polar surface area (TPSA) is 103 Å². The summed E-state index contributed by atoms with van der Waals surface area (Å²) in [5, 5.41) is 22.5. The molecule has 23 heavy (non-hydrogen) atoms. The number of hydrogen-bond donors (Lipinski definition) is 3. The van der Waals surface area contributed by atoms with Crippen molar-refractivity contribution in [3.8, 4) is 17.6 Å². The second-order valence-electron chi connectivity index (χ2n) is 4.51. The standard InChI is InChI=1S/C16H17N5O2/c1-22-13-6-4-7-14(23-2)12(13)10-19-16(18)21-15-8-3-5-11(9-17)20-15/h3-8H,10H2,1-2H3,(H3,18,19,20,21). The van der Waals surface area contributed by atoms with E-state index in [0.29, 0.717) is 23.9 Å². The molecule has 0 saturated carbocycles. The fourth-order valence-corrected chi connectivity index (χ4v) is 2.02. The summed E-state index contributed by atoms with van der Waals surface area (Å²) in [6.45, 7) is 0.344. The third-order valence-corrected chi connectivity index (χ3v) is 3.09. The molecule has 3 N–H and O–H groups in total. The maximum Gasteiger partial charge on any atom is 0.194 e. The zero-order chi connectivity index (χ0) is 16.7. The Labute approximate surface area is 134 Å². The SMILES string of the molecule is COc1cccc(OC)c1CNC(=N)Nc1cccc(C#N)n1. The van der Waals surface area contributed by atoms with Gasteiger partial charge in [-0.15, -0.1) is 0 Å². The van der Waals surface area contributed by atoms with Crippen molar-refractivity contribution in [2.24, 2.45) is 0 Å². The molecule has 1 aromatic heterocycles. The van der Waals surface area contributed by atoms with E-state index in [4.69, 9.17) is 20.1 Å². The molecule has 1 heterocycles. The molecule has 2 aromatic rings. The summed E-state index contributed by atoms with van der Waals surface area (Å²) < 4.78 is 10.6. The van der Waals surface area contributed by atoms with Crippen molar-refractivity contribution in [1.82, 2.24) is 10.3 Å². The lowest BCUT2D eigenvalue weighted by Gasteiger charge is -2.15. The molecule has 2 rings (SSSR count). The van der Waals surface area contributed by atoms with Crippen LogP contribution < -0.4 is 20.1 Å². The first-order valence-electron chi connectivity index (χ1n) is 6.84. The average molecular weight is 311 g/mol. The fourth-order valence-electron chi connectivity index (χ4n) is 2.02. The van der Waals surface area contributed by atoms with Crippen molar-refractivity contribution in [3.05, 3.63) is 47.7 Å². The van der Waals surface area contributed by atoms with Crippen LogP contribution in [-0.4, -0.2) is 25.2 Å². The molecule has 0 aliphatic carbocycles. The van der Waals surface area contributed by atoms with Gasteiger partial charge in [0, 0.05) is 0 Å². The van der Waals surface area contributed by atoms with Gasteiger partial charge in [-0.2, -0.15) is 5.26 Å². The van der Waals surface area contributed by atoms with Gasteiger partial charge in [0.1, 0.15) is 29.1 Å². The molecule has 0 fully saturated rings. The summed E-state index contributed by atoms with van der Waals surface area (Å²) in [4.78, 5) is 4.05. The van der Waals surface area contributed by atoms with Gasteiger partial charge >= 0.3 is 0 Å². The first kappa shape index (κ1) is 16.1. The summed E-state index contributed by atoms with van der Waals surface area (Å²) in [5.74, 6) is 1.83. The van der Waals surface area contributed by atoms with Gasteiger partial charge in [0.15, 0.2) is 5.96 Å². The predicted octanol–water partition coefficient (Wildman–Crippen LogP) is 2.11. The number of aromatic nitrogens is 1. The normalized spacial score (nSPS) is 9.61. The van der Waals surface area contributed by atoms with Crippen molar-refractivity contribution >= 4 is 11.8 Å². The van der Waals surface area contributed by atoms with Crippen molar-refractivity contribution in [3.63, 3.8) is 0 Å². The highest BCUT2D eigenvalue weighted by Gasteiger charge is 2.10. The van der Waals surface area contributed by atoms with Gasteiger partial charge in [-0.25, -0.2) is 4.98 Å². The molecule has 118 valence electrons. The van der Waals surface area contributed by atoms with Gasteiger partial charge in [-0.3, -0.25) is 5.41 Å². The second kappa shape index (κ2) is 7.66. The predicted molar refractivity (Wildman–Crippen MR) is 86.7 cm³/mol. The van der Waals surface area contributed by atoms with Crippen LogP contribution in [0.4, 0.5) is 5.82 Å². The Morgan fingerprint density at radius 2 is 1.83 bits per heavy atom. The zero-order valence-corrected chi connectivity index (χ0v) is 12.9. The summed E-state index contributed by atoms with van der Waals surface area (Å²) in [7, 11) is 3.16. The molecule has 0 spiro atoms. The molecule has 7 nitrogen and oxygen atoms in total. The molecule has 7 heteroatoms. The number of methoxy groups -OCH3 is 2. The Balaban J connectivity index is 2.03. The smallest absolute Gasteiger partial charge is 0.194 e. The second-order valence-corrected chi connectivity index (χ2v) is 4.51. The van der Waals surface area contributed by atoms with Crippen LogP contribution in [0.1, 0.15) is 11.3 Å². The minimum Gasteiger partial charge on any atom is -0.496 e. The number of nitrogens with one attached hydrogen (secondary N) is 3. The maximum absolute atomic E-state index is 8.83. The monoisotopic (exact) mass is 311 g/mol. The quantitative estimate of drug-likeness (QED) is 0.577. The van der Waals surface area contributed by atoms with Crippen LogP contribution in [0.2, 0.25) is 0 Å². The van der Waals surface area contributed by atoms with E-state index < -0.39 is 0 Å². The van der Waals surface area contributed by atoms with Gasteiger partial charge in [0.2, 0.25) is 0 Å². The number of ether oxygens (including phenoxy) is 2. The highest BCUT2D eigenvalue weighted by Crippen LogP contribution is 2.27. The summed E-state index contributed by atoms with van der Waals surface area (Å²) in [6.07, 6.45) is 0. The first-order valence-corrected chi connectivity index (χ1v) is 6.84. The lowest BCUT2D eigenvalue weighted by atomic mass is 10.1. The van der Waals surface area contributed by atoms with Crippen LogP contribution >= 0.6 is 0 Å². The van der Waals surface area contributed by atoms with E-state index >= 15 is 0 Å². The van der Waals surface area contributed by atoms with Gasteiger partial charge < -0.3 is 20.1 Å². The van der Waals surface area contributed by atoms with Crippen molar-refractivity contribution < 1.29 is 9.47 Å². The summed E-state index contributed by atoms with van der Waals surface area (Å²) >= 11 is 0. The Hall–Kier alpha value is -3.27. The lowest BCUT2D eigenvalue weighted by molar-refractivity contribution is 0.384. The number of nitriles is 1. The third kappa shape index (κ3) is 4.11. The van der Waals surface area contributed by atoms with Gasteiger partial charge in [0.25, 0.3) is 0 Å². The Morgan fingerprint density at radius 1 is 1.17 bits per heavy atom. The lowest BCUT2D eigenvalue weighted by Crippen LogP contribution is -2.29. The van der Waals surface area contributed by atoms with Gasteiger partial charge in [-0.05, 0) is 24.3 Å². The average Bonchev–Trinajstić information content (AvgIpc) is 2.59. The van der Waals surface area contributed by atoms with Crippen LogP contribution in [0.5, 0.6) is 11.5 Å². The number of rotatable bonds is 5. The van der Waals surface area contributed by atoms with E-state index in [0.717, 1.165) is 5.56 Å². The zero-order valence-electron chi connectivity index (χ0n) is 12.9. The van der Waals surface area contributed by atoms with Crippen LogP contribution in [0.3, 0.4) is 0 Å². The van der Waals surface area contributed by atoms with Crippen molar-refractivity contribution in [2.75, 3.05) is 19.5 Å². The number of nitrogens with zero attached hydrogens (tertiary/aromatic N) is 2. The molecule has 0 aliphatic heterocycles. The molecule has 0 atom stereocenters. The Kier molecular flexibility index (Phi) is 5.36. The Bertz CT molecular complexity index is 717. The first-order chi connectivity index (χ1) is 11.2. The van der Waals surface area contributed by atoms with E-state index in [1.165, 1.54) is 0 Å². The van der Waals surface area contributed by atoms with Gasteiger partial charge in [0.05, 0.1) is 26.3 Å². The molecule has 1 aromatic carbocycles. The minimum absolute atomic E-state index is 0.0561. The van der Waals surface area contributed by atoms with Gasteiger partial charge in [-0.1, -0.05) is 12.1 Å². The van der Waals surface area contributed by atoms with E-state index in [-0.39, 0.29) is 11.7 Å². The molecular weight excluding hydrogens is 294 g/mol. The highest BCUT2D eigenvalue weighted by atomic mass is 16.5. The molecule has 0 amide bonds. The van der Waals surface area contributed by atoms with Crippen molar-refractivity contribution in [2.45, 2.75) is 6.54 Å². The number of anilines is 1. The number of hydrogen-bond acceptors (Lipinski definition) is 5. The highest BCUT2D eigenvalue weighted by molar-refractivity contribution is 5.90. The van der Waals surface area contributed by atoms with E-state index in [1.807, 2.05) is 24.3 Å².